The maximum Gasteiger partial charge on any atom is 0.274 e. The number of carbonyl (C=O) groups excluding carboxylic acids is 2. The molecule has 2 aromatic heterocycles. The number of likely N-dealkylation sites (tertiary alicyclic amines) is 3. The van der Waals surface area contributed by atoms with Gasteiger partial charge in [-0.15, -0.1) is 0 Å². The second-order valence-corrected chi connectivity index (χ2v) is 8.84. The Balaban J connectivity index is 1.17. The van der Waals surface area contributed by atoms with Gasteiger partial charge in [-0.1, -0.05) is 0 Å². The van der Waals surface area contributed by atoms with Crippen LogP contribution in [0.2, 0.25) is 0 Å². The highest BCUT2D eigenvalue weighted by molar-refractivity contribution is 5.93. The van der Waals surface area contributed by atoms with Crippen LogP contribution in [-0.4, -0.2) is 86.4 Å². The number of aromatic nitrogens is 3. The molecule has 8 heteroatoms. The van der Waals surface area contributed by atoms with Crippen LogP contribution in [0, 0.1) is 5.92 Å². The smallest absolute Gasteiger partial charge is 0.274 e. The number of fused-ring (bicyclic) bond motifs is 1. The molecule has 0 unspecified atom stereocenters. The van der Waals surface area contributed by atoms with Crippen molar-refractivity contribution in [2.45, 2.75) is 44.6 Å². The molecule has 0 spiro atoms. The van der Waals surface area contributed by atoms with Crippen LogP contribution in [0.1, 0.15) is 49.0 Å². The van der Waals surface area contributed by atoms with E-state index in [1.165, 1.54) is 0 Å². The predicted molar refractivity (Wildman–Crippen MR) is 112 cm³/mol. The van der Waals surface area contributed by atoms with Crippen LogP contribution < -0.4 is 0 Å². The fourth-order valence-electron chi connectivity index (χ4n) is 5.27. The molecule has 30 heavy (non-hydrogen) atoms. The first-order valence-corrected chi connectivity index (χ1v) is 11.3. The molecular formula is C22H30N6O2. The molecule has 5 heterocycles. The average Bonchev–Trinajstić information content (AvgIpc) is 3.48. The van der Waals surface area contributed by atoms with Crippen molar-refractivity contribution in [2.75, 3.05) is 39.3 Å². The number of piperidine rings is 2. The summed E-state index contributed by atoms with van der Waals surface area (Å²) in [7, 11) is 0. The second kappa shape index (κ2) is 8.34. The fraction of sp³-hybridized carbons (Fsp3) is 0.636. The zero-order valence-corrected chi connectivity index (χ0v) is 17.4. The zero-order valence-electron chi connectivity index (χ0n) is 17.4. The Morgan fingerprint density at radius 1 is 0.933 bits per heavy atom. The lowest BCUT2D eigenvalue weighted by Gasteiger charge is -2.42. The topological polar surface area (TPSA) is 74.0 Å². The van der Waals surface area contributed by atoms with Crippen molar-refractivity contribution in [3.05, 3.63) is 30.2 Å². The van der Waals surface area contributed by atoms with Gasteiger partial charge in [0, 0.05) is 57.2 Å². The quantitative estimate of drug-likeness (QED) is 0.770. The lowest BCUT2D eigenvalue weighted by atomic mass is 9.93. The van der Waals surface area contributed by atoms with Crippen LogP contribution in [0.15, 0.2) is 24.5 Å². The first-order chi connectivity index (χ1) is 14.7. The highest BCUT2D eigenvalue weighted by atomic mass is 16.2. The molecule has 0 bridgehead atoms. The van der Waals surface area contributed by atoms with E-state index in [1.54, 1.807) is 22.8 Å². The standard InChI is InChI=1S/C22H30N6O2/c29-21(25-9-1-2-10-25)17-5-3-11-27(16-17)18-6-13-26(14-7-18)22(30)19-15-20-23-8-4-12-28(20)24-19/h4,8,12,15,17-18H,1-3,5-7,9-11,13-14,16H2/t17-/m1/s1. The third-order valence-electron chi connectivity index (χ3n) is 6.94. The summed E-state index contributed by atoms with van der Waals surface area (Å²) in [6.45, 7) is 5.31. The van der Waals surface area contributed by atoms with E-state index in [0.717, 1.165) is 77.8 Å². The summed E-state index contributed by atoms with van der Waals surface area (Å²) in [5.74, 6) is 0.506. The van der Waals surface area contributed by atoms with Crippen molar-refractivity contribution in [2.24, 2.45) is 5.92 Å². The summed E-state index contributed by atoms with van der Waals surface area (Å²) >= 11 is 0. The number of carbonyl (C=O) groups is 2. The Bertz CT molecular complexity index is 880. The molecule has 3 aliphatic rings. The number of nitrogens with zero attached hydrogens (tertiary/aromatic N) is 6. The van der Waals surface area contributed by atoms with Gasteiger partial charge >= 0.3 is 0 Å². The summed E-state index contributed by atoms with van der Waals surface area (Å²) in [6.07, 6.45) is 9.85. The summed E-state index contributed by atoms with van der Waals surface area (Å²) in [6, 6.07) is 4.03. The molecule has 3 fully saturated rings. The summed E-state index contributed by atoms with van der Waals surface area (Å²) in [4.78, 5) is 36.5. The number of rotatable bonds is 3. The van der Waals surface area contributed by atoms with Gasteiger partial charge in [0.15, 0.2) is 11.3 Å². The molecule has 3 aliphatic heterocycles. The number of hydrogen-bond donors (Lipinski definition) is 0. The Hall–Kier alpha value is -2.48. The van der Waals surface area contributed by atoms with E-state index >= 15 is 0 Å². The highest BCUT2D eigenvalue weighted by Crippen LogP contribution is 2.26. The summed E-state index contributed by atoms with van der Waals surface area (Å²) in [5.41, 5.74) is 1.15. The van der Waals surface area contributed by atoms with E-state index in [1.807, 2.05) is 11.1 Å². The van der Waals surface area contributed by atoms with Crippen molar-refractivity contribution in [1.29, 1.82) is 0 Å². The van der Waals surface area contributed by atoms with E-state index in [2.05, 4.69) is 19.9 Å². The molecule has 3 saturated heterocycles. The third-order valence-corrected chi connectivity index (χ3v) is 6.94. The van der Waals surface area contributed by atoms with Gasteiger partial charge in [0.2, 0.25) is 5.91 Å². The molecule has 2 aromatic rings. The number of hydrogen-bond acceptors (Lipinski definition) is 5. The molecule has 8 nitrogen and oxygen atoms in total. The van der Waals surface area contributed by atoms with Gasteiger partial charge in [-0.2, -0.15) is 5.10 Å². The Morgan fingerprint density at radius 3 is 2.50 bits per heavy atom. The van der Waals surface area contributed by atoms with Crippen LogP contribution in [0.3, 0.4) is 0 Å². The summed E-state index contributed by atoms with van der Waals surface area (Å²) in [5, 5.41) is 4.37. The van der Waals surface area contributed by atoms with E-state index in [-0.39, 0.29) is 11.8 Å². The largest absolute Gasteiger partial charge is 0.342 e. The van der Waals surface area contributed by atoms with Crippen LogP contribution >= 0.6 is 0 Å². The van der Waals surface area contributed by atoms with Crippen molar-refractivity contribution in [3.63, 3.8) is 0 Å². The SMILES string of the molecule is O=C(c1cc2ncccn2n1)N1CCC(N2CCC[C@@H](C(=O)N3CCCC3)C2)CC1. The minimum Gasteiger partial charge on any atom is -0.342 e. The van der Waals surface area contributed by atoms with E-state index < -0.39 is 0 Å². The minimum atomic E-state index is -0.0142. The van der Waals surface area contributed by atoms with Crippen molar-refractivity contribution < 1.29 is 9.59 Å². The van der Waals surface area contributed by atoms with Gasteiger partial charge in [-0.25, -0.2) is 9.50 Å². The molecule has 0 aromatic carbocycles. The molecule has 0 aliphatic carbocycles. The van der Waals surface area contributed by atoms with Crippen molar-refractivity contribution >= 4 is 17.5 Å². The van der Waals surface area contributed by atoms with E-state index in [0.29, 0.717) is 23.3 Å². The van der Waals surface area contributed by atoms with Gasteiger partial charge in [0.05, 0.1) is 5.92 Å². The second-order valence-electron chi connectivity index (χ2n) is 8.84. The van der Waals surface area contributed by atoms with Crippen LogP contribution in [0.25, 0.3) is 5.65 Å². The Labute approximate surface area is 176 Å². The molecule has 160 valence electrons. The van der Waals surface area contributed by atoms with Gasteiger partial charge in [0.1, 0.15) is 0 Å². The molecule has 5 rings (SSSR count). The van der Waals surface area contributed by atoms with E-state index in [4.69, 9.17) is 0 Å². The van der Waals surface area contributed by atoms with Gasteiger partial charge in [-0.05, 0) is 51.1 Å². The molecule has 0 N–H and O–H groups in total. The monoisotopic (exact) mass is 410 g/mol. The zero-order chi connectivity index (χ0) is 20.5. The molecule has 0 saturated carbocycles. The molecule has 2 amide bonds. The lowest BCUT2D eigenvalue weighted by Crippen LogP contribution is -2.51. The first kappa shape index (κ1) is 19.5. The van der Waals surface area contributed by atoms with Gasteiger partial charge < -0.3 is 9.80 Å². The minimum absolute atomic E-state index is 0.0142. The third kappa shape index (κ3) is 3.80. The van der Waals surface area contributed by atoms with Crippen LogP contribution in [0.4, 0.5) is 0 Å². The first-order valence-electron chi connectivity index (χ1n) is 11.3. The van der Waals surface area contributed by atoms with Crippen LogP contribution in [-0.2, 0) is 4.79 Å². The fourth-order valence-corrected chi connectivity index (χ4v) is 5.27. The Morgan fingerprint density at radius 2 is 1.73 bits per heavy atom. The van der Waals surface area contributed by atoms with Crippen molar-refractivity contribution in [3.8, 4) is 0 Å². The Kier molecular flexibility index (Phi) is 5.41. The lowest BCUT2D eigenvalue weighted by molar-refractivity contribution is -0.136. The maximum atomic E-state index is 12.9. The van der Waals surface area contributed by atoms with Crippen LogP contribution in [0.5, 0.6) is 0 Å². The normalized spacial score (nSPS) is 23.9. The predicted octanol–water partition coefficient (Wildman–Crippen LogP) is 1.67. The molecule has 0 radical (unpaired) electrons. The molecule has 1 atom stereocenters. The van der Waals surface area contributed by atoms with Crippen molar-refractivity contribution in [1.82, 2.24) is 29.3 Å². The van der Waals surface area contributed by atoms with E-state index in [9.17, 15) is 9.59 Å². The highest BCUT2D eigenvalue weighted by Gasteiger charge is 2.35. The molecular weight excluding hydrogens is 380 g/mol. The number of amides is 2. The van der Waals surface area contributed by atoms with Gasteiger partial charge in [0.25, 0.3) is 5.91 Å². The average molecular weight is 411 g/mol. The van der Waals surface area contributed by atoms with Gasteiger partial charge in [-0.3, -0.25) is 14.5 Å². The summed E-state index contributed by atoms with van der Waals surface area (Å²) < 4.78 is 1.64. The maximum absolute atomic E-state index is 12.9.